The van der Waals surface area contributed by atoms with Gasteiger partial charge < -0.3 is 15.3 Å². The van der Waals surface area contributed by atoms with E-state index in [1.54, 1.807) is 12.1 Å². The lowest BCUT2D eigenvalue weighted by molar-refractivity contribution is 0.159. The molecule has 1 fully saturated rings. The van der Waals surface area contributed by atoms with E-state index in [9.17, 15) is 9.90 Å². The molecule has 1 saturated heterocycles. The molecule has 1 aliphatic heterocycles. The number of benzene rings is 1. The topological polar surface area (TPSA) is 79.7 Å². The Bertz CT molecular complexity index is 700. The maximum absolute atomic E-state index is 11.7. The van der Waals surface area contributed by atoms with Crippen LogP contribution in [-0.2, 0) is 6.54 Å². The number of fused-ring (bicyclic) bond motifs is 1. The number of phenols is 1. The number of likely N-dealkylation sites (tertiary alicyclic amines) is 1. The molecule has 0 spiro atoms. The van der Waals surface area contributed by atoms with Crippen molar-refractivity contribution >= 4 is 11.0 Å². The molecule has 1 aliphatic rings. The molecule has 21 heavy (non-hydrogen) atoms. The van der Waals surface area contributed by atoms with Crippen molar-refractivity contribution < 1.29 is 9.52 Å². The van der Waals surface area contributed by atoms with E-state index in [4.69, 9.17) is 10.2 Å². The molecule has 5 nitrogen and oxygen atoms in total. The molecular weight excluding hydrogens is 268 g/mol. The van der Waals surface area contributed by atoms with Gasteiger partial charge in [-0.05, 0) is 30.0 Å². The molecule has 2 aromatic rings. The number of nitrogens with two attached hydrogens (primary N) is 1. The second-order valence-corrected chi connectivity index (χ2v) is 6.07. The van der Waals surface area contributed by atoms with Gasteiger partial charge in [0.25, 0.3) is 0 Å². The van der Waals surface area contributed by atoms with Crippen LogP contribution in [0.1, 0.15) is 18.9 Å². The van der Waals surface area contributed by atoms with Crippen molar-refractivity contribution in [1.82, 2.24) is 4.90 Å². The molecule has 1 aromatic carbocycles. The molecule has 0 saturated carbocycles. The van der Waals surface area contributed by atoms with Crippen LogP contribution in [0.25, 0.3) is 11.0 Å². The third-order valence-corrected chi connectivity index (χ3v) is 3.98. The summed E-state index contributed by atoms with van der Waals surface area (Å²) in [5.41, 5.74) is 7.03. The van der Waals surface area contributed by atoms with Gasteiger partial charge in [0.2, 0.25) is 0 Å². The number of hydrogen-bond acceptors (Lipinski definition) is 5. The van der Waals surface area contributed by atoms with Crippen molar-refractivity contribution in [3.63, 3.8) is 0 Å². The Balaban J connectivity index is 1.95. The summed E-state index contributed by atoms with van der Waals surface area (Å²) in [5.74, 6) is 0.653. The Morgan fingerprint density at radius 3 is 2.95 bits per heavy atom. The lowest BCUT2D eigenvalue weighted by Crippen LogP contribution is -2.45. The van der Waals surface area contributed by atoms with Crippen LogP contribution in [-0.4, -0.2) is 29.1 Å². The second kappa shape index (κ2) is 5.50. The zero-order valence-electron chi connectivity index (χ0n) is 12.1. The molecule has 1 aromatic heterocycles. The maximum atomic E-state index is 11.7. The molecule has 3 N–H and O–H groups in total. The number of piperidine rings is 1. The lowest BCUT2D eigenvalue weighted by Gasteiger charge is -2.34. The summed E-state index contributed by atoms with van der Waals surface area (Å²) >= 11 is 0. The van der Waals surface area contributed by atoms with Crippen molar-refractivity contribution in [2.45, 2.75) is 25.9 Å². The van der Waals surface area contributed by atoms with Gasteiger partial charge in [0.1, 0.15) is 11.3 Å². The minimum Gasteiger partial charge on any atom is -0.508 e. The second-order valence-electron chi connectivity index (χ2n) is 6.07. The SMILES string of the molecule is CC1CC(N)CN(Cc2cc(=O)oc3cc(O)ccc23)C1. The van der Waals surface area contributed by atoms with Gasteiger partial charge in [-0.15, -0.1) is 0 Å². The van der Waals surface area contributed by atoms with E-state index in [0.717, 1.165) is 30.5 Å². The van der Waals surface area contributed by atoms with Crippen LogP contribution in [0, 0.1) is 5.92 Å². The van der Waals surface area contributed by atoms with Gasteiger partial charge in [0.05, 0.1) is 0 Å². The summed E-state index contributed by atoms with van der Waals surface area (Å²) < 4.78 is 5.16. The number of hydrogen-bond donors (Lipinski definition) is 2. The quantitative estimate of drug-likeness (QED) is 0.822. The summed E-state index contributed by atoms with van der Waals surface area (Å²) in [7, 11) is 0. The number of phenolic OH excluding ortho intramolecular Hbond substituents is 1. The molecule has 0 bridgehead atoms. The van der Waals surface area contributed by atoms with Crippen LogP contribution < -0.4 is 11.4 Å². The normalized spacial score (nSPS) is 23.5. The standard InChI is InChI=1S/C16H20N2O3/c1-10-4-12(17)9-18(7-10)8-11-5-16(20)21-15-6-13(19)2-3-14(11)15/h2-3,5-6,10,12,19H,4,7-9,17H2,1H3. The first-order valence-electron chi connectivity index (χ1n) is 7.25. The zero-order valence-corrected chi connectivity index (χ0v) is 12.1. The predicted molar refractivity (Wildman–Crippen MR) is 81.2 cm³/mol. The van der Waals surface area contributed by atoms with Crippen molar-refractivity contribution in [2.75, 3.05) is 13.1 Å². The Hall–Kier alpha value is -1.85. The van der Waals surface area contributed by atoms with Gasteiger partial charge in [0.15, 0.2) is 0 Å². The van der Waals surface area contributed by atoms with Crippen molar-refractivity contribution in [3.8, 4) is 5.75 Å². The summed E-state index contributed by atoms with van der Waals surface area (Å²) in [5, 5.41) is 10.4. The molecule has 2 heterocycles. The molecule has 3 rings (SSSR count). The van der Waals surface area contributed by atoms with E-state index >= 15 is 0 Å². The van der Waals surface area contributed by atoms with Crippen LogP contribution in [0.4, 0.5) is 0 Å². The Morgan fingerprint density at radius 2 is 2.19 bits per heavy atom. The van der Waals surface area contributed by atoms with E-state index in [-0.39, 0.29) is 11.8 Å². The fourth-order valence-corrected chi connectivity index (χ4v) is 3.23. The number of rotatable bonds is 2. The lowest BCUT2D eigenvalue weighted by atomic mass is 9.96. The monoisotopic (exact) mass is 288 g/mol. The van der Waals surface area contributed by atoms with E-state index < -0.39 is 5.63 Å². The molecule has 0 aliphatic carbocycles. The van der Waals surface area contributed by atoms with E-state index in [2.05, 4.69) is 11.8 Å². The average molecular weight is 288 g/mol. The molecule has 2 unspecified atom stereocenters. The highest BCUT2D eigenvalue weighted by atomic mass is 16.4. The van der Waals surface area contributed by atoms with E-state index in [1.807, 2.05) is 0 Å². The minimum atomic E-state index is -0.391. The van der Waals surface area contributed by atoms with E-state index in [1.165, 1.54) is 12.1 Å². The first-order chi connectivity index (χ1) is 10.0. The van der Waals surface area contributed by atoms with Gasteiger partial charge in [-0.25, -0.2) is 4.79 Å². The van der Waals surface area contributed by atoms with Gasteiger partial charge >= 0.3 is 5.63 Å². The van der Waals surface area contributed by atoms with Gasteiger partial charge in [0, 0.05) is 43.2 Å². The van der Waals surface area contributed by atoms with Crippen LogP contribution in [0.3, 0.4) is 0 Å². The van der Waals surface area contributed by atoms with Crippen molar-refractivity contribution in [3.05, 3.63) is 40.2 Å². The molecule has 0 radical (unpaired) electrons. The fraction of sp³-hybridized carbons (Fsp3) is 0.438. The van der Waals surface area contributed by atoms with Gasteiger partial charge in [-0.3, -0.25) is 4.90 Å². The summed E-state index contributed by atoms with van der Waals surface area (Å²) in [6.07, 6.45) is 1.04. The number of nitrogens with zero attached hydrogens (tertiary/aromatic N) is 1. The van der Waals surface area contributed by atoms with E-state index in [0.29, 0.717) is 18.0 Å². The summed E-state index contributed by atoms with van der Waals surface area (Å²) in [4.78, 5) is 14.0. The van der Waals surface area contributed by atoms with Gasteiger partial charge in [-0.1, -0.05) is 6.92 Å². The van der Waals surface area contributed by atoms with Crippen LogP contribution in [0.2, 0.25) is 0 Å². The zero-order chi connectivity index (χ0) is 15.0. The highest BCUT2D eigenvalue weighted by Gasteiger charge is 2.22. The molecule has 2 atom stereocenters. The average Bonchev–Trinajstić information content (AvgIpc) is 2.36. The highest BCUT2D eigenvalue weighted by Crippen LogP contribution is 2.24. The maximum Gasteiger partial charge on any atom is 0.336 e. The predicted octanol–water partition coefficient (Wildman–Crippen LogP) is 1.67. The van der Waals surface area contributed by atoms with Crippen molar-refractivity contribution in [2.24, 2.45) is 11.7 Å². The van der Waals surface area contributed by atoms with Crippen molar-refractivity contribution in [1.29, 1.82) is 0 Å². The minimum absolute atomic E-state index is 0.0939. The first kappa shape index (κ1) is 14.1. The van der Waals surface area contributed by atoms with Gasteiger partial charge in [-0.2, -0.15) is 0 Å². The van der Waals surface area contributed by atoms with Crippen LogP contribution in [0.15, 0.2) is 33.5 Å². The summed E-state index contributed by atoms with van der Waals surface area (Å²) in [6.45, 7) is 4.68. The van der Waals surface area contributed by atoms with Crippen LogP contribution >= 0.6 is 0 Å². The Kier molecular flexibility index (Phi) is 3.69. The fourth-order valence-electron chi connectivity index (χ4n) is 3.23. The largest absolute Gasteiger partial charge is 0.508 e. The molecule has 0 amide bonds. The smallest absolute Gasteiger partial charge is 0.336 e. The highest BCUT2D eigenvalue weighted by molar-refractivity contribution is 5.81. The van der Waals surface area contributed by atoms with Crippen LogP contribution in [0.5, 0.6) is 5.75 Å². The Morgan fingerprint density at radius 1 is 1.38 bits per heavy atom. The summed E-state index contributed by atoms with van der Waals surface area (Å²) in [6, 6.07) is 6.59. The number of aromatic hydroxyl groups is 1. The molecule has 112 valence electrons. The Labute approximate surface area is 123 Å². The first-order valence-corrected chi connectivity index (χ1v) is 7.25. The third-order valence-electron chi connectivity index (χ3n) is 3.98. The molecular formula is C16H20N2O3. The third kappa shape index (κ3) is 3.09. The molecule has 5 heteroatoms.